The van der Waals surface area contributed by atoms with Crippen LogP contribution in [-0.2, 0) is 14.4 Å². The Kier molecular flexibility index (Phi) is 3.50. The van der Waals surface area contributed by atoms with Crippen molar-refractivity contribution < 1.29 is 19.2 Å². The Morgan fingerprint density at radius 2 is 1.89 bits per heavy atom. The SMILES string of the molecule is Nc1ccc(C(=O)ON2C(=O)CCC2=O)cc1I. The first-order chi connectivity index (χ1) is 8.49. The van der Waals surface area contributed by atoms with Crippen LogP contribution < -0.4 is 5.73 Å². The molecule has 1 saturated heterocycles. The van der Waals surface area contributed by atoms with E-state index in [9.17, 15) is 14.4 Å². The highest BCUT2D eigenvalue weighted by atomic mass is 127. The zero-order valence-corrected chi connectivity index (χ0v) is 11.3. The van der Waals surface area contributed by atoms with Crippen molar-refractivity contribution in [2.24, 2.45) is 0 Å². The minimum atomic E-state index is -0.753. The third-order valence-corrected chi connectivity index (χ3v) is 3.35. The standard InChI is InChI=1S/C11H9IN2O4/c12-7-5-6(1-2-8(7)13)11(17)18-14-9(15)3-4-10(14)16/h1-2,5H,3-4,13H2. The lowest BCUT2D eigenvalue weighted by atomic mass is 10.2. The van der Waals surface area contributed by atoms with Gasteiger partial charge in [-0.3, -0.25) is 9.59 Å². The van der Waals surface area contributed by atoms with Gasteiger partial charge in [0.15, 0.2) is 0 Å². The summed E-state index contributed by atoms with van der Waals surface area (Å²) in [6.07, 6.45) is 0.150. The van der Waals surface area contributed by atoms with Crippen LogP contribution >= 0.6 is 22.6 Å². The van der Waals surface area contributed by atoms with Crippen molar-refractivity contribution >= 4 is 46.1 Å². The second kappa shape index (κ2) is 4.92. The number of halogens is 1. The Morgan fingerprint density at radius 1 is 1.28 bits per heavy atom. The van der Waals surface area contributed by atoms with Gasteiger partial charge in [0.1, 0.15) is 0 Å². The molecule has 0 radical (unpaired) electrons. The minimum absolute atomic E-state index is 0.0748. The molecule has 1 aliphatic heterocycles. The van der Waals surface area contributed by atoms with Crippen LogP contribution in [0.15, 0.2) is 18.2 Å². The van der Waals surface area contributed by atoms with E-state index in [0.29, 0.717) is 14.3 Å². The molecular weight excluding hydrogens is 351 g/mol. The number of hydrogen-bond acceptors (Lipinski definition) is 5. The molecule has 0 spiro atoms. The third-order valence-electron chi connectivity index (χ3n) is 2.42. The third kappa shape index (κ3) is 2.45. The lowest BCUT2D eigenvalue weighted by Gasteiger charge is -2.12. The van der Waals surface area contributed by atoms with Crippen LogP contribution in [0.5, 0.6) is 0 Å². The molecule has 0 aliphatic carbocycles. The summed E-state index contributed by atoms with van der Waals surface area (Å²) in [6.45, 7) is 0. The molecule has 2 N–H and O–H groups in total. The molecule has 94 valence electrons. The summed E-state index contributed by atoms with van der Waals surface area (Å²) in [5.74, 6) is -1.76. The Hall–Kier alpha value is -1.64. The monoisotopic (exact) mass is 360 g/mol. The van der Waals surface area contributed by atoms with Gasteiger partial charge >= 0.3 is 5.97 Å². The van der Waals surface area contributed by atoms with Crippen molar-refractivity contribution in [3.63, 3.8) is 0 Å². The molecule has 1 heterocycles. The molecule has 0 saturated carbocycles. The van der Waals surface area contributed by atoms with E-state index in [1.54, 1.807) is 6.07 Å². The van der Waals surface area contributed by atoms with Gasteiger partial charge in [-0.25, -0.2) is 4.79 Å². The van der Waals surface area contributed by atoms with Gasteiger partial charge in [-0.2, -0.15) is 0 Å². The molecule has 18 heavy (non-hydrogen) atoms. The van der Waals surface area contributed by atoms with Gasteiger partial charge in [-0.15, -0.1) is 5.06 Å². The van der Waals surface area contributed by atoms with E-state index in [1.807, 2.05) is 22.6 Å². The number of benzene rings is 1. The molecule has 0 bridgehead atoms. The topological polar surface area (TPSA) is 89.7 Å². The summed E-state index contributed by atoms with van der Waals surface area (Å²) in [5, 5.41) is 0.519. The van der Waals surface area contributed by atoms with Crippen molar-refractivity contribution in [3.05, 3.63) is 27.3 Å². The summed E-state index contributed by atoms with van der Waals surface area (Å²) < 4.78 is 0.695. The molecule has 2 amide bonds. The van der Waals surface area contributed by atoms with Crippen LogP contribution in [0.1, 0.15) is 23.2 Å². The van der Waals surface area contributed by atoms with Crippen LogP contribution in [0.3, 0.4) is 0 Å². The highest BCUT2D eigenvalue weighted by molar-refractivity contribution is 14.1. The fourth-order valence-electron chi connectivity index (χ4n) is 1.45. The molecular formula is C11H9IN2O4. The van der Waals surface area contributed by atoms with Crippen LogP contribution in [-0.4, -0.2) is 22.8 Å². The van der Waals surface area contributed by atoms with E-state index in [4.69, 9.17) is 10.6 Å². The molecule has 0 atom stereocenters. The second-order valence-electron chi connectivity index (χ2n) is 3.70. The van der Waals surface area contributed by atoms with Gasteiger partial charge in [0.25, 0.3) is 11.8 Å². The summed E-state index contributed by atoms with van der Waals surface area (Å²) in [5.41, 5.74) is 6.40. The number of amides is 2. The average Bonchev–Trinajstić information content (AvgIpc) is 2.64. The number of nitrogens with zero attached hydrogens (tertiary/aromatic N) is 1. The van der Waals surface area contributed by atoms with Crippen molar-refractivity contribution in [3.8, 4) is 0 Å². The number of hydroxylamine groups is 2. The molecule has 1 fully saturated rings. The van der Waals surface area contributed by atoms with Crippen LogP contribution in [0.4, 0.5) is 5.69 Å². The van der Waals surface area contributed by atoms with Gasteiger partial charge in [0.2, 0.25) is 0 Å². The number of nitrogens with two attached hydrogens (primary N) is 1. The van der Waals surface area contributed by atoms with Gasteiger partial charge in [0.05, 0.1) is 5.56 Å². The lowest BCUT2D eigenvalue weighted by Crippen LogP contribution is -2.32. The van der Waals surface area contributed by atoms with Crippen molar-refractivity contribution in [1.82, 2.24) is 5.06 Å². The van der Waals surface area contributed by atoms with Gasteiger partial charge < -0.3 is 10.6 Å². The molecule has 1 aliphatic rings. The number of nitrogen functional groups attached to an aromatic ring is 1. The first kappa shape index (κ1) is 12.8. The second-order valence-corrected chi connectivity index (χ2v) is 4.86. The molecule has 0 aromatic heterocycles. The smallest absolute Gasteiger partial charge is 0.363 e. The quantitative estimate of drug-likeness (QED) is 0.485. The number of hydrogen-bond donors (Lipinski definition) is 1. The lowest BCUT2D eigenvalue weighted by molar-refractivity contribution is -0.172. The van der Waals surface area contributed by atoms with E-state index in [1.165, 1.54) is 12.1 Å². The van der Waals surface area contributed by atoms with E-state index >= 15 is 0 Å². The number of rotatable bonds is 2. The van der Waals surface area contributed by atoms with E-state index < -0.39 is 17.8 Å². The first-order valence-corrected chi connectivity index (χ1v) is 6.20. The molecule has 1 aromatic rings. The number of carbonyl (C=O) groups is 3. The normalized spacial score (nSPS) is 15.1. The highest BCUT2D eigenvalue weighted by Crippen LogP contribution is 2.18. The number of anilines is 1. The molecule has 6 nitrogen and oxygen atoms in total. The van der Waals surface area contributed by atoms with Crippen LogP contribution in [0.2, 0.25) is 0 Å². The zero-order chi connectivity index (χ0) is 13.3. The Balaban J connectivity index is 2.14. The largest absolute Gasteiger partial charge is 0.398 e. The van der Waals surface area contributed by atoms with Gasteiger partial charge in [-0.1, -0.05) is 0 Å². The van der Waals surface area contributed by atoms with Gasteiger partial charge in [-0.05, 0) is 40.8 Å². The fraction of sp³-hybridized carbons (Fsp3) is 0.182. The molecule has 1 aromatic carbocycles. The van der Waals surface area contributed by atoms with Crippen molar-refractivity contribution in [1.29, 1.82) is 0 Å². The predicted octanol–water partition coefficient (Wildman–Crippen LogP) is 1.09. The summed E-state index contributed by atoms with van der Waals surface area (Å²) in [6, 6.07) is 4.57. The summed E-state index contributed by atoms with van der Waals surface area (Å²) >= 11 is 1.98. The Bertz CT molecular complexity index is 528. The molecule has 2 rings (SSSR count). The fourth-order valence-corrected chi connectivity index (χ4v) is 1.96. The zero-order valence-electron chi connectivity index (χ0n) is 9.18. The van der Waals surface area contributed by atoms with Gasteiger partial charge in [0, 0.05) is 22.1 Å². The molecule has 0 unspecified atom stereocenters. The number of imide groups is 1. The molecule has 7 heteroatoms. The minimum Gasteiger partial charge on any atom is -0.398 e. The Labute approximate surface area is 116 Å². The van der Waals surface area contributed by atoms with Crippen LogP contribution in [0.25, 0.3) is 0 Å². The first-order valence-electron chi connectivity index (χ1n) is 5.12. The Morgan fingerprint density at radius 3 is 2.44 bits per heavy atom. The van der Waals surface area contributed by atoms with E-state index in [2.05, 4.69) is 0 Å². The van der Waals surface area contributed by atoms with E-state index in [0.717, 1.165) is 0 Å². The summed E-state index contributed by atoms with van der Waals surface area (Å²) in [4.78, 5) is 39.1. The highest BCUT2D eigenvalue weighted by Gasteiger charge is 2.33. The predicted molar refractivity (Wildman–Crippen MR) is 70.1 cm³/mol. The average molecular weight is 360 g/mol. The van der Waals surface area contributed by atoms with Crippen molar-refractivity contribution in [2.75, 3.05) is 5.73 Å². The maximum absolute atomic E-state index is 11.7. The van der Waals surface area contributed by atoms with Crippen molar-refractivity contribution in [2.45, 2.75) is 12.8 Å². The maximum atomic E-state index is 11.7. The van der Waals surface area contributed by atoms with E-state index in [-0.39, 0.29) is 18.4 Å². The maximum Gasteiger partial charge on any atom is 0.363 e. The van der Waals surface area contributed by atoms with Crippen LogP contribution in [0, 0.1) is 3.57 Å². The number of carbonyl (C=O) groups excluding carboxylic acids is 3. The summed E-state index contributed by atoms with van der Waals surface area (Å²) in [7, 11) is 0.